The van der Waals surface area contributed by atoms with Crippen molar-refractivity contribution in [3.8, 4) is 0 Å². The van der Waals surface area contributed by atoms with Gasteiger partial charge in [0.15, 0.2) is 5.96 Å². The van der Waals surface area contributed by atoms with Crippen molar-refractivity contribution in [2.45, 2.75) is 60.0 Å². The lowest BCUT2D eigenvalue weighted by Gasteiger charge is -2.17. The lowest BCUT2D eigenvalue weighted by Crippen LogP contribution is -2.38. The first kappa shape index (κ1) is 25.2. The number of nitrogens with one attached hydrogen (secondary N) is 2. The summed E-state index contributed by atoms with van der Waals surface area (Å²) in [6.07, 6.45) is 3.18. The standard InChI is InChI=1S/C17H37N3O2.HI/c1-6-18-17(19-9-7-11-22-15(4)5)20-13-16(8-10-21)12-14(2)3;/h14-16,21H,6-13H2,1-5H3,(H2,18,19,20);1H. The quantitative estimate of drug-likeness (QED) is 0.188. The Balaban J connectivity index is 0. The van der Waals surface area contributed by atoms with Gasteiger partial charge in [0.2, 0.25) is 0 Å². The molecule has 1 unspecified atom stereocenters. The Hall–Kier alpha value is -0.0800. The van der Waals surface area contributed by atoms with E-state index in [0.717, 1.165) is 51.5 Å². The molecule has 0 aromatic carbocycles. The van der Waals surface area contributed by atoms with Crippen LogP contribution in [-0.2, 0) is 4.74 Å². The second-order valence-electron chi connectivity index (χ2n) is 6.43. The van der Waals surface area contributed by atoms with Gasteiger partial charge in [-0.05, 0) is 51.9 Å². The van der Waals surface area contributed by atoms with Crippen molar-refractivity contribution in [1.29, 1.82) is 0 Å². The number of ether oxygens (including phenoxy) is 1. The van der Waals surface area contributed by atoms with Gasteiger partial charge in [0.25, 0.3) is 0 Å². The van der Waals surface area contributed by atoms with Crippen LogP contribution in [0.5, 0.6) is 0 Å². The minimum Gasteiger partial charge on any atom is -0.396 e. The summed E-state index contributed by atoms with van der Waals surface area (Å²) in [5.74, 6) is 1.94. The highest BCUT2D eigenvalue weighted by molar-refractivity contribution is 14.0. The van der Waals surface area contributed by atoms with Crippen molar-refractivity contribution in [2.75, 3.05) is 32.8 Å². The molecule has 5 nitrogen and oxygen atoms in total. The van der Waals surface area contributed by atoms with Crippen LogP contribution in [0.4, 0.5) is 0 Å². The molecule has 3 N–H and O–H groups in total. The molecular formula is C17H38IN3O2. The first-order valence-electron chi connectivity index (χ1n) is 8.74. The predicted octanol–water partition coefficient (Wildman–Crippen LogP) is 3.02. The van der Waals surface area contributed by atoms with E-state index in [-0.39, 0.29) is 36.7 Å². The van der Waals surface area contributed by atoms with Crippen LogP contribution < -0.4 is 10.6 Å². The fraction of sp³-hybridized carbons (Fsp3) is 0.941. The van der Waals surface area contributed by atoms with E-state index in [1.165, 1.54) is 0 Å². The van der Waals surface area contributed by atoms with Crippen molar-refractivity contribution in [1.82, 2.24) is 10.6 Å². The van der Waals surface area contributed by atoms with E-state index in [2.05, 4.69) is 50.2 Å². The van der Waals surface area contributed by atoms with Crippen LogP contribution in [0.25, 0.3) is 0 Å². The zero-order valence-corrected chi connectivity index (χ0v) is 17.9. The third-order valence-electron chi connectivity index (χ3n) is 3.26. The van der Waals surface area contributed by atoms with Crippen LogP contribution in [-0.4, -0.2) is 50.0 Å². The summed E-state index contributed by atoms with van der Waals surface area (Å²) in [6.45, 7) is 14.1. The van der Waals surface area contributed by atoms with Crippen LogP contribution in [0.1, 0.15) is 53.9 Å². The Morgan fingerprint density at radius 3 is 2.39 bits per heavy atom. The summed E-state index contributed by atoms with van der Waals surface area (Å²) in [5, 5.41) is 15.8. The number of aliphatic imine (C=N–C) groups is 1. The second-order valence-corrected chi connectivity index (χ2v) is 6.43. The highest BCUT2D eigenvalue weighted by atomic mass is 127. The van der Waals surface area contributed by atoms with E-state index in [4.69, 9.17) is 9.84 Å². The van der Waals surface area contributed by atoms with Crippen LogP contribution in [0.2, 0.25) is 0 Å². The average molecular weight is 443 g/mol. The van der Waals surface area contributed by atoms with Crippen LogP contribution in [0.15, 0.2) is 4.99 Å². The van der Waals surface area contributed by atoms with Gasteiger partial charge in [-0.1, -0.05) is 13.8 Å². The van der Waals surface area contributed by atoms with Crippen molar-refractivity contribution in [2.24, 2.45) is 16.8 Å². The van der Waals surface area contributed by atoms with Gasteiger partial charge >= 0.3 is 0 Å². The molecule has 140 valence electrons. The molecule has 6 heteroatoms. The fourth-order valence-corrected chi connectivity index (χ4v) is 2.29. The molecule has 0 heterocycles. The molecule has 0 aliphatic carbocycles. The Morgan fingerprint density at radius 1 is 1.17 bits per heavy atom. The molecule has 0 radical (unpaired) electrons. The van der Waals surface area contributed by atoms with E-state index in [1.54, 1.807) is 0 Å². The Labute approximate surface area is 160 Å². The molecule has 0 aromatic heterocycles. The average Bonchev–Trinajstić information content (AvgIpc) is 2.43. The minimum atomic E-state index is 0. The van der Waals surface area contributed by atoms with E-state index >= 15 is 0 Å². The summed E-state index contributed by atoms with van der Waals surface area (Å²) >= 11 is 0. The van der Waals surface area contributed by atoms with Gasteiger partial charge < -0.3 is 20.5 Å². The predicted molar refractivity (Wildman–Crippen MR) is 110 cm³/mol. The maximum Gasteiger partial charge on any atom is 0.191 e. The van der Waals surface area contributed by atoms with Gasteiger partial charge in [-0.15, -0.1) is 24.0 Å². The molecule has 0 saturated carbocycles. The maximum atomic E-state index is 9.17. The van der Waals surface area contributed by atoms with E-state index < -0.39 is 0 Å². The summed E-state index contributed by atoms with van der Waals surface area (Å²) in [4.78, 5) is 4.66. The fourth-order valence-electron chi connectivity index (χ4n) is 2.29. The number of guanidine groups is 1. The highest BCUT2D eigenvalue weighted by Gasteiger charge is 2.10. The molecule has 0 spiro atoms. The van der Waals surface area contributed by atoms with Crippen molar-refractivity contribution in [3.63, 3.8) is 0 Å². The van der Waals surface area contributed by atoms with Crippen molar-refractivity contribution < 1.29 is 9.84 Å². The summed E-state index contributed by atoms with van der Waals surface area (Å²) in [6, 6.07) is 0. The second kappa shape index (κ2) is 16.8. The van der Waals surface area contributed by atoms with Crippen LogP contribution >= 0.6 is 24.0 Å². The third-order valence-corrected chi connectivity index (χ3v) is 3.26. The molecule has 0 aliphatic heterocycles. The summed E-state index contributed by atoms with van der Waals surface area (Å²) in [5.41, 5.74) is 0. The zero-order valence-electron chi connectivity index (χ0n) is 15.6. The molecule has 23 heavy (non-hydrogen) atoms. The Bertz CT molecular complexity index is 287. The molecule has 0 saturated heterocycles. The Morgan fingerprint density at radius 2 is 1.87 bits per heavy atom. The van der Waals surface area contributed by atoms with Gasteiger partial charge in [0.05, 0.1) is 6.10 Å². The van der Waals surface area contributed by atoms with Gasteiger partial charge in [0, 0.05) is 32.8 Å². The van der Waals surface area contributed by atoms with Gasteiger partial charge in [-0.3, -0.25) is 4.99 Å². The summed E-state index contributed by atoms with van der Waals surface area (Å²) < 4.78 is 5.53. The number of hydrogen-bond donors (Lipinski definition) is 3. The van der Waals surface area contributed by atoms with Crippen LogP contribution in [0, 0.1) is 11.8 Å². The molecule has 0 rings (SSSR count). The first-order chi connectivity index (χ1) is 10.5. The summed E-state index contributed by atoms with van der Waals surface area (Å²) in [7, 11) is 0. The number of aliphatic hydroxyl groups excluding tert-OH is 1. The lowest BCUT2D eigenvalue weighted by molar-refractivity contribution is 0.0776. The molecule has 0 bridgehead atoms. The normalized spacial score (nSPS) is 13.1. The number of rotatable bonds is 12. The van der Waals surface area contributed by atoms with Crippen LogP contribution in [0.3, 0.4) is 0 Å². The lowest BCUT2D eigenvalue weighted by atomic mass is 9.94. The monoisotopic (exact) mass is 443 g/mol. The Kier molecular flexibility index (Phi) is 18.3. The smallest absolute Gasteiger partial charge is 0.191 e. The largest absolute Gasteiger partial charge is 0.396 e. The van der Waals surface area contributed by atoms with E-state index in [1.807, 2.05) is 0 Å². The number of hydrogen-bond acceptors (Lipinski definition) is 3. The molecular weight excluding hydrogens is 405 g/mol. The number of aliphatic hydroxyl groups is 1. The number of halogens is 1. The molecule has 0 amide bonds. The SMILES string of the molecule is CCNC(=NCC(CCO)CC(C)C)NCCCOC(C)C.I. The van der Waals surface area contributed by atoms with Gasteiger partial charge in [0.1, 0.15) is 0 Å². The highest BCUT2D eigenvalue weighted by Crippen LogP contribution is 2.15. The van der Waals surface area contributed by atoms with E-state index in [0.29, 0.717) is 11.8 Å². The topological polar surface area (TPSA) is 65.9 Å². The third kappa shape index (κ3) is 16.6. The molecule has 0 aliphatic rings. The first-order valence-corrected chi connectivity index (χ1v) is 8.74. The zero-order chi connectivity index (χ0) is 16.8. The van der Waals surface area contributed by atoms with Gasteiger partial charge in [-0.2, -0.15) is 0 Å². The van der Waals surface area contributed by atoms with E-state index in [9.17, 15) is 0 Å². The van der Waals surface area contributed by atoms with Crippen molar-refractivity contribution >= 4 is 29.9 Å². The van der Waals surface area contributed by atoms with Crippen molar-refractivity contribution in [3.05, 3.63) is 0 Å². The maximum absolute atomic E-state index is 9.17. The van der Waals surface area contributed by atoms with Gasteiger partial charge in [-0.25, -0.2) is 0 Å². The molecule has 1 atom stereocenters. The molecule has 0 fully saturated rings. The number of nitrogens with zero attached hydrogens (tertiary/aromatic N) is 1. The molecule has 0 aromatic rings. The minimum absolute atomic E-state index is 0.